The second kappa shape index (κ2) is 12.8. The molecule has 4 atom stereocenters. The zero-order chi connectivity index (χ0) is 26.6. The monoisotopic (exact) mass is 514 g/mol. The van der Waals surface area contributed by atoms with Gasteiger partial charge in [0.2, 0.25) is 16.6 Å². The summed E-state index contributed by atoms with van der Waals surface area (Å²) in [5, 5.41) is 0. The average Bonchev–Trinajstić information content (AvgIpc) is 3.03. The SMILES string of the molecule is C=CCO[C@H]1O[C@H](C(C)=O)[C@@H](O[Si](C(C)C)(C(C)C)C(C)C)[C@@H]1O[Si](C(C)C)(C(C)C)C(C)C. The molecule has 0 aromatic rings. The van der Waals surface area contributed by atoms with E-state index in [9.17, 15) is 4.79 Å². The van der Waals surface area contributed by atoms with Crippen molar-refractivity contribution in [1.82, 2.24) is 0 Å². The standard InChI is InChI=1S/C27H54O5Si2/c1-15-16-29-27-26(32-34(20(8)9,21(10)11)22(12)13)25(24(30-27)23(14)28)31-33(17(2)3,18(4)5)19(6)7/h15,17-22,24-27H,1,16H2,2-14H3/t24-,25-,26+,27+/m1/s1. The molecule has 0 aromatic carbocycles. The molecule has 1 heterocycles. The number of rotatable bonds is 14. The van der Waals surface area contributed by atoms with Crippen molar-refractivity contribution >= 4 is 22.4 Å². The van der Waals surface area contributed by atoms with Crippen LogP contribution in [0, 0.1) is 0 Å². The lowest BCUT2D eigenvalue weighted by atomic mass is 10.1. The number of Topliss-reactive ketones (excluding diaryl/α,β-unsaturated/α-hetero) is 1. The van der Waals surface area contributed by atoms with E-state index in [4.69, 9.17) is 18.3 Å². The number of ether oxygens (including phenoxy) is 2. The van der Waals surface area contributed by atoms with Crippen molar-refractivity contribution in [2.45, 2.75) is 148 Å². The third kappa shape index (κ3) is 6.14. The molecular weight excluding hydrogens is 460 g/mol. The fourth-order valence-electron chi connectivity index (χ4n) is 6.79. The van der Waals surface area contributed by atoms with E-state index in [1.165, 1.54) is 0 Å². The van der Waals surface area contributed by atoms with Crippen LogP contribution in [0.3, 0.4) is 0 Å². The molecule has 0 bridgehead atoms. The summed E-state index contributed by atoms with van der Waals surface area (Å²) in [6.45, 7) is 33.0. The second-order valence-corrected chi connectivity index (χ2v) is 22.8. The van der Waals surface area contributed by atoms with Crippen LogP contribution in [-0.4, -0.2) is 53.6 Å². The first kappa shape index (κ1) is 31.7. The third-order valence-electron chi connectivity index (χ3n) is 8.04. The van der Waals surface area contributed by atoms with E-state index in [-0.39, 0.29) is 5.78 Å². The van der Waals surface area contributed by atoms with Gasteiger partial charge < -0.3 is 18.3 Å². The van der Waals surface area contributed by atoms with Gasteiger partial charge in [-0.1, -0.05) is 89.2 Å². The molecule has 1 saturated heterocycles. The van der Waals surface area contributed by atoms with Crippen molar-refractivity contribution in [3.8, 4) is 0 Å². The first-order valence-electron chi connectivity index (χ1n) is 13.3. The molecule has 0 radical (unpaired) electrons. The van der Waals surface area contributed by atoms with E-state index in [1.54, 1.807) is 13.0 Å². The molecule has 5 nitrogen and oxygen atoms in total. The zero-order valence-corrected chi connectivity index (χ0v) is 26.3. The fraction of sp³-hybridized carbons (Fsp3) is 0.889. The van der Waals surface area contributed by atoms with Crippen molar-refractivity contribution in [3.63, 3.8) is 0 Å². The lowest BCUT2D eigenvalue weighted by Crippen LogP contribution is -2.58. The van der Waals surface area contributed by atoms with E-state index in [2.05, 4.69) is 89.7 Å². The molecule has 1 rings (SSSR count). The molecule has 7 heteroatoms. The summed E-state index contributed by atoms with van der Waals surface area (Å²) in [5.41, 5.74) is 2.34. The van der Waals surface area contributed by atoms with Crippen molar-refractivity contribution in [2.24, 2.45) is 0 Å². The van der Waals surface area contributed by atoms with Gasteiger partial charge in [0.25, 0.3) is 0 Å². The van der Waals surface area contributed by atoms with Crippen molar-refractivity contribution in [2.75, 3.05) is 6.61 Å². The lowest BCUT2D eigenvalue weighted by Gasteiger charge is -2.48. The molecular formula is C27H54O5Si2. The minimum absolute atomic E-state index is 0.0339. The van der Waals surface area contributed by atoms with E-state index in [1.807, 2.05) is 0 Å². The van der Waals surface area contributed by atoms with Crippen LogP contribution in [0.2, 0.25) is 33.2 Å². The summed E-state index contributed by atoms with van der Waals surface area (Å²) in [6, 6.07) is 0. The van der Waals surface area contributed by atoms with Gasteiger partial charge in [-0.3, -0.25) is 4.79 Å². The van der Waals surface area contributed by atoms with Gasteiger partial charge in [-0.05, 0) is 40.2 Å². The number of carbonyl (C=O) groups is 1. The summed E-state index contributed by atoms with van der Waals surface area (Å²) in [7, 11) is -4.61. The Hall–Kier alpha value is -0.316. The molecule has 0 aromatic heterocycles. The highest BCUT2D eigenvalue weighted by Gasteiger charge is 2.58. The van der Waals surface area contributed by atoms with Gasteiger partial charge in [-0.25, -0.2) is 0 Å². The van der Waals surface area contributed by atoms with Crippen LogP contribution in [0.15, 0.2) is 12.7 Å². The second-order valence-electron chi connectivity index (χ2n) is 12.0. The number of ketones is 1. The highest BCUT2D eigenvalue weighted by atomic mass is 28.4. The van der Waals surface area contributed by atoms with E-state index < -0.39 is 41.2 Å². The van der Waals surface area contributed by atoms with Crippen LogP contribution in [-0.2, 0) is 23.1 Å². The van der Waals surface area contributed by atoms with Crippen LogP contribution < -0.4 is 0 Å². The van der Waals surface area contributed by atoms with Crippen LogP contribution >= 0.6 is 0 Å². The number of carbonyl (C=O) groups excluding carboxylic acids is 1. The molecule has 0 amide bonds. The molecule has 34 heavy (non-hydrogen) atoms. The van der Waals surface area contributed by atoms with Crippen LogP contribution in [0.25, 0.3) is 0 Å². The molecule has 0 N–H and O–H groups in total. The Morgan fingerprint density at radius 3 is 1.41 bits per heavy atom. The Bertz CT molecular complexity index is 616. The predicted octanol–water partition coefficient (Wildman–Crippen LogP) is 7.62. The molecule has 1 fully saturated rings. The highest BCUT2D eigenvalue weighted by molar-refractivity contribution is 6.78. The van der Waals surface area contributed by atoms with E-state index in [0.717, 1.165) is 0 Å². The fourth-order valence-corrected chi connectivity index (χ4v) is 17.9. The Labute approximate surface area is 212 Å². The third-order valence-corrected chi connectivity index (χ3v) is 20.2. The molecule has 1 aliphatic rings. The first-order valence-corrected chi connectivity index (χ1v) is 17.6. The highest BCUT2D eigenvalue weighted by Crippen LogP contribution is 2.48. The first-order chi connectivity index (χ1) is 15.6. The minimum atomic E-state index is -2.31. The number of hydrogen-bond donors (Lipinski definition) is 0. The maximum atomic E-state index is 12.9. The number of hydrogen-bond acceptors (Lipinski definition) is 5. The lowest BCUT2D eigenvalue weighted by molar-refractivity contribution is -0.163. The normalized spacial score (nSPS) is 24.4. The van der Waals surface area contributed by atoms with Gasteiger partial charge in [-0.15, -0.1) is 6.58 Å². The maximum Gasteiger partial charge on any atom is 0.201 e. The minimum Gasteiger partial charge on any atom is -0.407 e. The van der Waals surface area contributed by atoms with Crippen LogP contribution in [0.1, 0.15) is 90.0 Å². The maximum absolute atomic E-state index is 12.9. The Kier molecular flexibility index (Phi) is 11.9. The summed E-state index contributed by atoms with van der Waals surface area (Å²) in [6.07, 6.45) is -0.561. The Morgan fingerprint density at radius 2 is 1.12 bits per heavy atom. The van der Waals surface area contributed by atoms with Gasteiger partial charge in [0.1, 0.15) is 18.3 Å². The van der Waals surface area contributed by atoms with Gasteiger partial charge in [0, 0.05) is 0 Å². The molecule has 200 valence electrons. The zero-order valence-electron chi connectivity index (χ0n) is 24.3. The molecule has 0 saturated carbocycles. The molecule has 1 aliphatic heterocycles. The van der Waals surface area contributed by atoms with Gasteiger partial charge in [0.05, 0.1) is 6.61 Å². The van der Waals surface area contributed by atoms with Crippen molar-refractivity contribution in [3.05, 3.63) is 12.7 Å². The van der Waals surface area contributed by atoms with Gasteiger partial charge in [-0.2, -0.15) is 0 Å². The molecule has 0 spiro atoms. The van der Waals surface area contributed by atoms with Crippen molar-refractivity contribution < 1.29 is 23.1 Å². The van der Waals surface area contributed by atoms with E-state index in [0.29, 0.717) is 39.9 Å². The summed E-state index contributed by atoms with van der Waals surface area (Å²) in [5.74, 6) is -0.0339. The van der Waals surface area contributed by atoms with Gasteiger partial charge >= 0.3 is 0 Å². The van der Waals surface area contributed by atoms with Crippen LogP contribution in [0.5, 0.6) is 0 Å². The predicted molar refractivity (Wildman–Crippen MR) is 147 cm³/mol. The summed E-state index contributed by atoms with van der Waals surface area (Å²) < 4.78 is 26.9. The van der Waals surface area contributed by atoms with Gasteiger partial charge in [0.15, 0.2) is 12.1 Å². The summed E-state index contributed by atoms with van der Waals surface area (Å²) >= 11 is 0. The Morgan fingerprint density at radius 1 is 0.765 bits per heavy atom. The molecule has 0 aliphatic carbocycles. The topological polar surface area (TPSA) is 54.0 Å². The Balaban J connectivity index is 3.69. The van der Waals surface area contributed by atoms with Crippen LogP contribution in [0.4, 0.5) is 0 Å². The van der Waals surface area contributed by atoms with Crippen molar-refractivity contribution in [1.29, 1.82) is 0 Å². The quantitative estimate of drug-likeness (QED) is 0.176. The van der Waals surface area contributed by atoms with E-state index >= 15 is 0 Å². The molecule has 0 unspecified atom stereocenters. The smallest absolute Gasteiger partial charge is 0.201 e. The summed E-state index contributed by atoms with van der Waals surface area (Å²) in [4.78, 5) is 12.9. The largest absolute Gasteiger partial charge is 0.407 e. The average molecular weight is 515 g/mol.